The van der Waals surface area contributed by atoms with E-state index in [0.29, 0.717) is 17.1 Å². The molecule has 0 radical (unpaired) electrons. The maximum absolute atomic E-state index is 11.9. The van der Waals surface area contributed by atoms with E-state index in [9.17, 15) is 4.79 Å². The van der Waals surface area contributed by atoms with E-state index in [1.165, 1.54) is 11.8 Å². The molecule has 2 aromatic carbocycles. The molecule has 0 heterocycles. The Morgan fingerprint density at radius 2 is 2.00 bits per heavy atom. The predicted octanol–water partition coefficient (Wildman–Crippen LogP) is 4.07. The van der Waals surface area contributed by atoms with E-state index in [1.807, 2.05) is 43.3 Å². The number of halogens is 1. The molecule has 0 spiro atoms. The van der Waals surface area contributed by atoms with Gasteiger partial charge in [-0.25, -0.2) is 0 Å². The second-order valence-electron chi connectivity index (χ2n) is 4.34. The highest BCUT2D eigenvalue weighted by Crippen LogP contribution is 2.28. The standard InChI is InChI=1S/C15H15BrN2OS/c1-10-7-12(16)14(8-13(10)17)18-15(19)9-20-11-5-3-2-4-6-11/h2-8H,9,17H2,1H3,(H,18,19). The molecule has 104 valence electrons. The highest BCUT2D eigenvalue weighted by Gasteiger charge is 2.08. The fourth-order valence-electron chi connectivity index (χ4n) is 1.64. The third kappa shape index (κ3) is 4.02. The van der Waals surface area contributed by atoms with Crippen LogP contribution in [-0.4, -0.2) is 11.7 Å². The van der Waals surface area contributed by atoms with Crippen LogP contribution in [0.4, 0.5) is 11.4 Å². The van der Waals surface area contributed by atoms with Crippen LogP contribution < -0.4 is 11.1 Å². The molecule has 0 saturated carbocycles. The SMILES string of the molecule is Cc1cc(Br)c(NC(=O)CSc2ccccc2)cc1N. The van der Waals surface area contributed by atoms with Gasteiger partial charge < -0.3 is 11.1 Å². The average Bonchev–Trinajstić information content (AvgIpc) is 2.44. The first-order valence-electron chi connectivity index (χ1n) is 6.09. The quantitative estimate of drug-likeness (QED) is 0.645. The van der Waals surface area contributed by atoms with Gasteiger partial charge in [-0.3, -0.25) is 4.79 Å². The van der Waals surface area contributed by atoms with E-state index < -0.39 is 0 Å². The molecule has 20 heavy (non-hydrogen) atoms. The van der Waals surface area contributed by atoms with Gasteiger partial charge in [-0.2, -0.15) is 0 Å². The number of carbonyl (C=O) groups excluding carboxylic acids is 1. The summed E-state index contributed by atoms with van der Waals surface area (Å²) in [6.07, 6.45) is 0. The molecule has 0 aromatic heterocycles. The van der Waals surface area contributed by atoms with Crippen LogP contribution in [0.3, 0.4) is 0 Å². The molecule has 0 aliphatic heterocycles. The number of nitrogens with two attached hydrogens (primary N) is 1. The van der Waals surface area contributed by atoms with E-state index in [-0.39, 0.29) is 5.91 Å². The number of aryl methyl sites for hydroxylation is 1. The normalized spacial score (nSPS) is 10.3. The summed E-state index contributed by atoms with van der Waals surface area (Å²) in [7, 11) is 0. The molecular formula is C15H15BrN2OS. The lowest BCUT2D eigenvalue weighted by molar-refractivity contribution is -0.113. The first kappa shape index (κ1) is 14.9. The van der Waals surface area contributed by atoms with Gasteiger partial charge in [-0.1, -0.05) is 18.2 Å². The molecule has 0 fully saturated rings. The second kappa shape index (κ2) is 6.81. The van der Waals surface area contributed by atoms with Crippen molar-refractivity contribution in [2.75, 3.05) is 16.8 Å². The average molecular weight is 351 g/mol. The number of nitrogen functional groups attached to an aromatic ring is 1. The second-order valence-corrected chi connectivity index (χ2v) is 6.24. The van der Waals surface area contributed by atoms with Crippen LogP contribution in [0.15, 0.2) is 51.8 Å². The van der Waals surface area contributed by atoms with Crippen molar-refractivity contribution in [3.05, 3.63) is 52.5 Å². The van der Waals surface area contributed by atoms with Crippen molar-refractivity contribution < 1.29 is 4.79 Å². The molecule has 5 heteroatoms. The van der Waals surface area contributed by atoms with Crippen molar-refractivity contribution in [2.24, 2.45) is 0 Å². The molecular weight excluding hydrogens is 336 g/mol. The number of thioether (sulfide) groups is 1. The van der Waals surface area contributed by atoms with Crippen LogP contribution in [0.25, 0.3) is 0 Å². The third-order valence-corrected chi connectivity index (χ3v) is 4.41. The number of rotatable bonds is 4. The summed E-state index contributed by atoms with van der Waals surface area (Å²) in [5.74, 6) is 0.312. The zero-order valence-corrected chi connectivity index (χ0v) is 13.4. The molecule has 0 aliphatic carbocycles. The first-order valence-corrected chi connectivity index (χ1v) is 7.87. The number of anilines is 2. The van der Waals surface area contributed by atoms with Gasteiger partial charge in [0.1, 0.15) is 0 Å². The summed E-state index contributed by atoms with van der Waals surface area (Å²) in [6.45, 7) is 1.93. The molecule has 3 nitrogen and oxygen atoms in total. The summed E-state index contributed by atoms with van der Waals surface area (Å²) in [6, 6.07) is 13.5. The topological polar surface area (TPSA) is 55.1 Å². The lowest BCUT2D eigenvalue weighted by atomic mass is 10.2. The van der Waals surface area contributed by atoms with Gasteiger partial charge in [-0.05, 0) is 52.7 Å². The maximum Gasteiger partial charge on any atom is 0.234 e. The number of nitrogens with one attached hydrogen (secondary N) is 1. The Balaban J connectivity index is 1.97. The highest BCUT2D eigenvalue weighted by atomic mass is 79.9. The van der Waals surface area contributed by atoms with E-state index in [0.717, 1.165) is 14.9 Å². The minimum atomic E-state index is -0.0530. The minimum absolute atomic E-state index is 0.0530. The molecule has 0 aliphatic rings. The maximum atomic E-state index is 11.9. The Bertz CT molecular complexity index is 617. The minimum Gasteiger partial charge on any atom is -0.398 e. The van der Waals surface area contributed by atoms with Gasteiger partial charge in [0.2, 0.25) is 5.91 Å². The van der Waals surface area contributed by atoms with Crippen molar-refractivity contribution in [1.82, 2.24) is 0 Å². The monoisotopic (exact) mass is 350 g/mol. The van der Waals surface area contributed by atoms with Crippen molar-refractivity contribution >= 4 is 45.0 Å². The van der Waals surface area contributed by atoms with Crippen molar-refractivity contribution in [3.63, 3.8) is 0 Å². The third-order valence-electron chi connectivity index (χ3n) is 2.74. The summed E-state index contributed by atoms with van der Waals surface area (Å²) in [4.78, 5) is 13.0. The van der Waals surface area contributed by atoms with Crippen LogP contribution in [0.5, 0.6) is 0 Å². The Morgan fingerprint density at radius 3 is 2.70 bits per heavy atom. The number of hydrogen-bond acceptors (Lipinski definition) is 3. The molecule has 0 atom stereocenters. The molecule has 2 aromatic rings. The Hall–Kier alpha value is -1.46. The van der Waals surface area contributed by atoms with E-state index in [1.54, 1.807) is 6.07 Å². The summed E-state index contributed by atoms with van der Waals surface area (Å²) >= 11 is 4.93. The Morgan fingerprint density at radius 1 is 1.30 bits per heavy atom. The van der Waals surface area contributed by atoms with Crippen molar-refractivity contribution in [1.29, 1.82) is 0 Å². The summed E-state index contributed by atoms with van der Waals surface area (Å²) < 4.78 is 0.835. The fourth-order valence-corrected chi connectivity index (χ4v) is 2.91. The number of benzene rings is 2. The Kier molecular flexibility index (Phi) is 5.09. The molecule has 0 saturated heterocycles. The molecule has 3 N–H and O–H groups in total. The van der Waals surface area contributed by atoms with Gasteiger partial charge in [0.15, 0.2) is 0 Å². The zero-order chi connectivity index (χ0) is 14.5. The lowest BCUT2D eigenvalue weighted by Gasteiger charge is -2.10. The lowest BCUT2D eigenvalue weighted by Crippen LogP contribution is -2.14. The van der Waals surface area contributed by atoms with Crippen LogP contribution in [0.2, 0.25) is 0 Å². The van der Waals surface area contributed by atoms with E-state index in [4.69, 9.17) is 5.73 Å². The van der Waals surface area contributed by atoms with Crippen molar-refractivity contribution in [2.45, 2.75) is 11.8 Å². The first-order chi connectivity index (χ1) is 9.56. The van der Waals surface area contributed by atoms with Crippen LogP contribution in [0.1, 0.15) is 5.56 Å². The highest BCUT2D eigenvalue weighted by molar-refractivity contribution is 9.10. The van der Waals surface area contributed by atoms with Crippen LogP contribution >= 0.6 is 27.7 Å². The molecule has 2 rings (SSSR count). The van der Waals surface area contributed by atoms with E-state index >= 15 is 0 Å². The smallest absolute Gasteiger partial charge is 0.234 e. The van der Waals surface area contributed by atoms with Gasteiger partial charge in [0.25, 0.3) is 0 Å². The molecule has 0 unspecified atom stereocenters. The van der Waals surface area contributed by atoms with Crippen LogP contribution in [0, 0.1) is 6.92 Å². The summed E-state index contributed by atoms with van der Waals surface area (Å²) in [5, 5.41) is 2.86. The van der Waals surface area contributed by atoms with Gasteiger partial charge in [0.05, 0.1) is 11.4 Å². The zero-order valence-electron chi connectivity index (χ0n) is 11.0. The Labute approximate surface area is 131 Å². The fraction of sp³-hybridized carbons (Fsp3) is 0.133. The molecule has 1 amide bonds. The van der Waals surface area contributed by atoms with Gasteiger partial charge >= 0.3 is 0 Å². The summed E-state index contributed by atoms with van der Waals surface area (Å²) in [5.41, 5.74) is 8.20. The number of amides is 1. The predicted molar refractivity (Wildman–Crippen MR) is 89.1 cm³/mol. The van der Waals surface area contributed by atoms with Gasteiger partial charge in [-0.15, -0.1) is 11.8 Å². The number of hydrogen-bond donors (Lipinski definition) is 2. The van der Waals surface area contributed by atoms with Crippen LogP contribution in [-0.2, 0) is 4.79 Å². The van der Waals surface area contributed by atoms with E-state index in [2.05, 4.69) is 21.2 Å². The molecule has 0 bridgehead atoms. The van der Waals surface area contributed by atoms with Crippen molar-refractivity contribution in [3.8, 4) is 0 Å². The van der Waals surface area contributed by atoms with Gasteiger partial charge in [0, 0.05) is 15.1 Å². The largest absolute Gasteiger partial charge is 0.398 e. The number of carbonyl (C=O) groups is 1.